The Morgan fingerprint density at radius 2 is 0.700 bits per heavy atom. The minimum absolute atomic E-state index is 0.512. The molecule has 0 amide bonds. The second-order valence-electron chi connectivity index (χ2n) is 15.5. The minimum Gasteiger partial charge on any atom is -0.453 e. The predicted octanol–water partition coefficient (Wildman–Crippen LogP) is 14.4. The Bertz CT molecular complexity index is 3800. The molecule has 13 rings (SSSR count). The first-order valence-electron chi connectivity index (χ1n) is 20.3. The second-order valence-corrected chi connectivity index (χ2v) is 15.5. The average molecular weight is 765 g/mol. The van der Waals surface area contributed by atoms with Gasteiger partial charge in [0.2, 0.25) is 0 Å². The Labute approximate surface area is 343 Å². The van der Waals surface area contributed by atoms with Crippen LogP contribution in [-0.4, -0.2) is 13.7 Å². The van der Waals surface area contributed by atoms with Crippen LogP contribution in [0.5, 0.6) is 0 Å². The molecule has 60 heavy (non-hydrogen) atoms. The van der Waals surface area contributed by atoms with Crippen LogP contribution < -0.4 is 0 Å². The standard InChI is InChI=1S/C55H32N4O/c56-33-43-51(57-44-27-10-4-19-36(44)37-20-5-11-28-45(37)57)53(59-48-31-14-8-23-40(48)41-24-9-15-32-49(41)59)50-42-26-16-25-35(34-17-2-1-3-18-34)54(42)60-55(50)52(43)58-46-29-12-6-21-38(46)39-22-7-13-30-47(39)58/h1-32H. The Balaban J connectivity index is 1.37. The number of fused-ring (bicyclic) bond motifs is 12. The lowest BCUT2D eigenvalue weighted by atomic mass is 9.98. The number of rotatable bonds is 4. The number of aromatic nitrogens is 3. The third-order valence-corrected chi connectivity index (χ3v) is 12.5. The van der Waals surface area contributed by atoms with Crippen molar-refractivity contribution in [3.8, 4) is 34.3 Å². The van der Waals surface area contributed by atoms with Gasteiger partial charge in [-0.25, -0.2) is 0 Å². The quantitative estimate of drug-likeness (QED) is 0.179. The molecule has 4 aromatic heterocycles. The predicted molar refractivity (Wildman–Crippen MR) is 247 cm³/mol. The van der Waals surface area contributed by atoms with E-state index in [1.807, 2.05) is 6.07 Å². The Hall–Kier alpha value is -8.33. The monoisotopic (exact) mass is 764 g/mol. The summed E-state index contributed by atoms with van der Waals surface area (Å²) in [6, 6.07) is 71.1. The minimum atomic E-state index is 0.512. The summed E-state index contributed by atoms with van der Waals surface area (Å²) in [4.78, 5) is 0. The summed E-state index contributed by atoms with van der Waals surface area (Å²) in [5, 5.41) is 20.7. The van der Waals surface area contributed by atoms with E-state index in [4.69, 9.17) is 4.42 Å². The lowest BCUT2D eigenvalue weighted by molar-refractivity contribution is 0.667. The lowest BCUT2D eigenvalue weighted by Crippen LogP contribution is -2.10. The molecule has 0 aliphatic carbocycles. The van der Waals surface area contributed by atoms with E-state index < -0.39 is 0 Å². The van der Waals surface area contributed by atoms with Crippen molar-refractivity contribution in [1.82, 2.24) is 13.7 Å². The van der Waals surface area contributed by atoms with E-state index in [1.54, 1.807) is 0 Å². The number of hydrogen-bond acceptors (Lipinski definition) is 2. The van der Waals surface area contributed by atoms with Gasteiger partial charge in [0.15, 0.2) is 5.58 Å². The Kier molecular flexibility index (Phi) is 6.73. The molecule has 0 fully saturated rings. The third kappa shape index (κ3) is 4.29. The summed E-state index contributed by atoms with van der Waals surface area (Å²) in [5.74, 6) is 0. The zero-order chi connectivity index (χ0) is 39.5. The highest BCUT2D eigenvalue weighted by Gasteiger charge is 2.32. The normalized spacial score (nSPS) is 12.0. The molecule has 0 saturated carbocycles. The third-order valence-electron chi connectivity index (χ3n) is 12.5. The van der Waals surface area contributed by atoms with Crippen LogP contribution in [0.3, 0.4) is 0 Å². The molecule has 0 N–H and O–H groups in total. The highest BCUT2D eigenvalue weighted by Crippen LogP contribution is 2.50. The first-order chi connectivity index (χ1) is 29.8. The second kappa shape index (κ2) is 12.3. The number of hydrogen-bond donors (Lipinski definition) is 0. The molecule has 0 spiro atoms. The van der Waals surface area contributed by atoms with Gasteiger partial charge in [-0.15, -0.1) is 0 Å². The zero-order valence-electron chi connectivity index (χ0n) is 32.2. The summed E-state index contributed by atoms with van der Waals surface area (Å²) in [7, 11) is 0. The van der Waals surface area contributed by atoms with Crippen molar-refractivity contribution >= 4 is 87.4 Å². The van der Waals surface area contributed by atoms with E-state index >= 15 is 0 Å². The number of nitrogens with zero attached hydrogens (tertiary/aromatic N) is 4. The van der Waals surface area contributed by atoms with Crippen LogP contribution in [0.4, 0.5) is 0 Å². The maximum Gasteiger partial charge on any atom is 0.163 e. The topological polar surface area (TPSA) is 51.7 Å². The molecule has 278 valence electrons. The Morgan fingerprint density at radius 3 is 1.13 bits per heavy atom. The SMILES string of the molecule is N#Cc1c(-n2c3ccccc3c3ccccc32)c(-n2c3ccccc3c3ccccc32)c2c(oc3c(-c4ccccc4)cccc32)c1-n1c2ccccc2c2ccccc21. The van der Waals surface area contributed by atoms with Gasteiger partial charge in [-0.3, -0.25) is 0 Å². The van der Waals surface area contributed by atoms with E-state index in [-0.39, 0.29) is 0 Å². The molecule has 0 aliphatic rings. The summed E-state index contributed by atoms with van der Waals surface area (Å²) < 4.78 is 14.4. The van der Waals surface area contributed by atoms with Crippen molar-refractivity contribution in [2.24, 2.45) is 0 Å². The fraction of sp³-hybridized carbons (Fsp3) is 0. The van der Waals surface area contributed by atoms with Crippen LogP contribution in [-0.2, 0) is 0 Å². The molecule has 4 heterocycles. The van der Waals surface area contributed by atoms with Gasteiger partial charge < -0.3 is 18.1 Å². The highest BCUT2D eigenvalue weighted by atomic mass is 16.3. The van der Waals surface area contributed by atoms with Crippen molar-refractivity contribution < 1.29 is 4.42 Å². The van der Waals surface area contributed by atoms with E-state index in [1.165, 1.54) is 0 Å². The van der Waals surface area contributed by atoms with Gasteiger partial charge in [-0.05, 0) is 42.0 Å². The molecule has 0 aliphatic heterocycles. The maximum absolute atomic E-state index is 12.1. The molecular weight excluding hydrogens is 733 g/mol. The molecule has 13 aromatic rings. The van der Waals surface area contributed by atoms with E-state index in [2.05, 4.69) is 208 Å². The van der Waals surface area contributed by atoms with Crippen molar-refractivity contribution in [2.75, 3.05) is 0 Å². The van der Waals surface area contributed by atoms with Crippen molar-refractivity contribution in [1.29, 1.82) is 5.26 Å². The summed E-state index contributed by atoms with van der Waals surface area (Å²) in [6.45, 7) is 0. The van der Waals surface area contributed by atoms with Crippen LogP contribution in [0, 0.1) is 11.3 Å². The van der Waals surface area contributed by atoms with Gasteiger partial charge in [0, 0.05) is 43.3 Å². The molecule has 0 saturated heterocycles. The fourth-order valence-corrected chi connectivity index (χ4v) is 10.1. The molecular formula is C55H32N4O. The first-order valence-corrected chi connectivity index (χ1v) is 20.3. The van der Waals surface area contributed by atoms with E-state index in [0.29, 0.717) is 16.8 Å². The largest absolute Gasteiger partial charge is 0.453 e. The summed E-state index contributed by atoms with van der Waals surface area (Å²) in [6.07, 6.45) is 0. The molecule has 5 heteroatoms. The number of nitriles is 1. The number of furan rings is 1. The van der Waals surface area contributed by atoms with Gasteiger partial charge in [0.05, 0.1) is 49.9 Å². The number of benzene rings is 9. The summed E-state index contributed by atoms with van der Waals surface area (Å²) in [5.41, 5.74) is 12.5. The molecule has 9 aromatic carbocycles. The first kappa shape index (κ1) is 32.7. The van der Waals surface area contributed by atoms with Crippen LogP contribution in [0.2, 0.25) is 0 Å². The van der Waals surface area contributed by atoms with Gasteiger partial charge in [0.1, 0.15) is 22.9 Å². The van der Waals surface area contributed by atoms with Crippen LogP contribution in [0.25, 0.3) is 116 Å². The van der Waals surface area contributed by atoms with E-state index in [0.717, 1.165) is 104 Å². The van der Waals surface area contributed by atoms with E-state index in [9.17, 15) is 5.26 Å². The molecule has 0 atom stereocenters. The van der Waals surface area contributed by atoms with Crippen LogP contribution >= 0.6 is 0 Å². The fourth-order valence-electron chi connectivity index (χ4n) is 10.1. The van der Waals surface area contributed by atoms with Gasteiger partial charge in [-0.1, -0.05) is 158 Å². The maximum atomic E-state index is 12.1. The molecule has 5 nitrogen and oxygen atoms in total. The highest BCUT2D eigenvalue weighted by molar-refractivity contribution is 6.22. The zero-order valence-corrected chi connectivity index (χ0v) is 32.2. The smallest absolute Gasteiger partial charge is 0.163 e. The van der Waals surface area contributed by atoms with Gasteiger partial charge in [0.25, 0.3) is 0 Å². The van der Waals surface area contributed by atoms with Crippen molar-refractivity contribution in [2.45, 2.75) is 0 Å². The number of para-hydroxylation sites is 7. The summed E-state index contributed by atoms with van der Waals surface area (Å²) >= 11 is 0. The van der Waals surface area contributed by atoms with Crippen LogP contribution in [0.15, 0.2) is 199 Å². The van der Waals surface area contributed by atoms with Gasteiger partial charge >= 0.3 is 0 Å². The van der Waals surface area contributed by atoms with Crippen LogP contribution in [0.1, 0.15) is 5.56 Å². The lowest BCUT2D eigenvalue weighted by Gasteiger charge is -2.22. The molecule has 0 unspecified atom stereocenters. The average Bonchev–Trinajstić information content (AvgIpc) is 4.06. The van der Waals surface area contributed by atoms with Crippen molar-refractivity contribution in [3.05, 3.63) is 200 Å². The Morgan fingerprint density at radius 1 is 0.333 bits per heavy atom. The molecule has 0 radical (unpaired) electrons. The molecule has 0 bridgehead atoms. The van der Waals surface area contributed by atoms with Gasteiger partial charge in [-0.2, -0.15) is 5.26 Å². The van der Waals surface area contributed by atoms with Crippen molar-refractivity contribution in [3.63, 3.8) is 0 Å².